The van der Waals surface area contributed by atoms with Crippen molar-refractivity contribution in [1.82, 2.24) is 4.98 Å². The molecule has 8 nitrogen and oxygen atoms in total. The molecule has 2 N–H and O–H groups in total. The summed E-state index contributed by atoms with van der Waals surface area (Å²) in [5.74, 6) is -1.77. The molecule has 0 radical (unpaired) electrons. The van der Waals surface area contributed by atoms with Crippen LogP contribution in [0.3, 0.4) is 0 Å². The lowest BCUT2D eigenvalue weighted by atomic mass is 10.3. The monoisotopic (exact) mass is 320 g/mol. The Morgan fingerprint density at radius 1 is 1.40 bits per heavy atom. The number of carboxylic acids is 1. The third-order valence-corrected chi connectivity index (χ3v) is 6.64. The Balaban J connectivity index is 2.14. The molecule has 110 valence electrons. The highest BCUT2D eigenvalue weighted by Crippen LogP contribution is 2.20. The van der Waals surface area contributed by atoms with Gasteiger partial charge in [0.1, 0.15) is 5.82 Å². The van der Waals surface area contributed by atoms with Gasteiger partial charge in [-0.2, -0.15) is 0 Å². The molecule has 1 aliphatic heterocycles. The highest BCUT2D eigenvalue weighted by Gasteiger charge is 2.37. The molecule has 1 fully saturated rings. The number of sulfone groups is 1. The molecule has 1 aromatic rings. The average molecular weight is 320 g/mol. The normalized spacial score (nSPS) is 21.5. The number of carboxylic acid groups (broad SMARTS) is 1. The van der Waals surface area contributed by atoms with Crippen LogP contribution in [0.5, 0.6) is 0 Å². The minimum atomic E-state index is -3.86. The predicted octanol–water partition coefficient (Wildman–Crippen LogP) is -0.291. The maximum absolute atomic E-state index is 12.0. The Bertz CT molecular complexity index is 724. The van der Waals surface area contributed by atoms with Crippen LogP contribution in [0.15, 0.2) is 18.3 Å². The lowest BCUT2D eigenvalue weighted by Gasteiger charge is -2.11. The highest BCUT2D eigenvalue weighted by atomic mass is 32.2. The van der Waals surface area contributed by atoms with Crippen LogP contribution in [-0.4, -0.2) is 49.7 Å². The third kappa shape index (κ3) is 3.25. The Labute approximate surface area is 115 Å². The summed E-state index contributed by atoms with van der Waals surface area (Å²) in [7, 11) is -7.16. The molecule has 2 rings (SSSR count). The molecule has 0 aromatic carbocycles. The van der Waals surface area contributed by atoms with E-state index in [4.69, 9.17) is 5.11 Å². The molecule has 20 heavy (non-hydrogen) atoms. The number of hydrogen-bond acceptors (Lipinski definition) is 6. The van der Waals surface area contributed by atoms with Crippen molar-refractivity contribution in [2.24, 2.45) is 0 Å². The van der Waals surface area contributed by atoms with E-state index in [1.807, 2.05) is 0 Å². The van der Waals surface area contributed by atoms with Gasteiger partial charge in [-0.25, -0.2) is 26.6 Å². The van der Waals surface area contributed by atoms with Crippen molar-refractivity contribution in [1.29, 1.82) is 0 Å². The van der Waals surface area contributed by atoms with E-state index in [2.05, 4.69) is 9.71 Å². The number of anilines is 1. The zero-order valence-electron chi connectivity index (χ0n) is 10.2. The van der Waals surface area contributed by atoms with Crippen molar-refractivity contribution < 1.29 is 26.7 Å². The molecule has 0 spiro atoms. The van der Waals surface area contributed by atoms with Gasteiger partial charge in [-0.3, -0.25) is 4.72 Å². The molecule has 0 amide bonds. The van der Waals surface area contributed by atoms with E-state index in [1.54, 1.807) is 0 Å². The molecule has 1 unspecified atom stereocenters. The average Bonchev–Trinajstić information content (AvgIpc) is 2.70. The van der Waals surface area contributed by atoms with Crippen molar-refractivity contribution in [2.45, 2.75) is 11.7 Å². The summed E-state index contributed by atoms with van der Waals surface area (Å²) < 4.78 is 48.7. The van der Waals surface area contributed by atoms with Crippen LogP contribution in [0.2, 0.25) is 0 Å². The first-order chi connectivity index (χ1) is 9.20. The molecule has 1 aliphatic rings. The van der Waals surface area contributed by atoms with Gasteiger partial charge < -0.3 is 5.11 Å². The van der Waals surface area contributed by atoms with E-state index in [1.165, 1.54) is 12.1 Å². The first kappa shape index (κ1) is 14.7. The van der Waals surface area contributed by atoms with Gasteiger partial charge in [0.25, 0.3) is 0 Å². The van der Waals surface area contributed by atoms with Crippen molar-refractivity contribution in [3.63, 3.8) is 0 Å². The van der Waals surface area contributed by atoms with Crippen LogP contribution in [0, 0.1) is 0 Å². The van der Waals surface area contributed by atoms with E-state index in [9.17, 15) is 21.6 Å². The first-order valence-corrected chi connectivity index (χ1v) is 8.98. The minimum Gasteiger partial charge on any atom is -0.478 e. The van der Waals surface area contributed by atoms with Gasteiger partial charge in [0.15, 0.2) is 9.84 Å². The summed E-state index contributed by atoms with van der Waals surface area (Å²) in [6.07, 6.45) is 1.07. The number of nitrogens with one attached hydrogen (secondary N) is 1. The van der Waals surface area contributed by atoms with Gasteiger partial charge in [-0.05, 0) is 18.6 Å². The van der Waals surface area contributed by atoms with Crippen LogP contribution in [-0.2, 0) is 19.9 Å². The van der Waals surface area contributed by atoms with E-state index >= 15 is 0 Å². The molecule has 0 aliphatic carbocycles. The number of rotatable bonds is 4. The Morgan fingerprint density at radius 3 is 2.55 bits per heavy atom. The predicted molar refractivity (Wildman–Crippen MR) is 70.8 cm³/mol. The van der Waals surface area contributed by atoms with Crippen molar-refractivity contribution in [3.8, 4) is 0 Å². The quantitative estimate of drug-likeness (QED) is 0.779. The lowest BCUT2D eigenvalue weighted by molar-refractivity contribution is 0.0696. The van der Waals surface area contributed by atoms with Crippen LogP contribution in [0.25, 0.3) is 0 Å². The number of hydrogen-bond donors (Lipinski definition) is 2. The van der Waals surface area contributed by atoms with E-state index in [-0.39, 0.29) is 23.6 Å². The van der Waals surface area contributed by atoms with Crippen molar-refractivity contribution >= 4 is 31.6 Å². The minimum absolute atomic E-state index is 0.0423. The van der Waals surface area contributed by atoms with Crippen LogP contribution in [0.4, 0.5) is 5.82 Å². The standard InChI is InChI=1S/C10H12N2O6S2/c13-10(14)7-1-2-9(11-5-7)12-20(17,18)8-3-4-19(15,16)6-8/h1-2,5,8H,3-4,6H2,(H,11,12)(H,13,14). The van der Waals surface area contributed by atoms with Gasteiger partial charge in [-0.15, -0.1) is 0 Å². The number of pyridine rings is 1. The summed E-state index contributed by atoms with van der Waals surface area (Å²) in [5.41, 5.74) is -0.0728. The van der Waals surface area contributed by atoms with Gasteiger partial charge in [-0.1, -0.05) is 0 Å². The van der Waals surface area contributed by atoms with E-state index in [0.29, 0.717) is 0 Å². The maximum Gasteiger partial charge on any atom is 0.337 e. The van der Waals surface area contributed by atoms with Gasteiger partial charge in [0, 0.05) is 6.20 Å². The van der Waals surface area contributed by atoms with Crippen LogP contribution in [0.1, 0.15) is 16.8 Å². The molecule has 1 atom stereocenters. The molecule has 10 heteroatoms. The fourth-order valence-electron chi connectivity index (χ4n) is 1.82. The Hall–Kier alpha value is -1.68. The number of nitrogens with zero attached hydrogens (tertiary/aromatic N) is 1. The smallest absolute Gasteiger partial charge is 0.337 e. The molecule has 0 bridgehead atoms. The zero-order chi connectivity index (χ0) is 15.0. The maximum atomic E-state index is 12.0. The van der Waals surface area contributed by atoms with E-state index in [0.717, 1.165) is 6.20 Å². The van der Waals surface area contributed by atoms with E-state index < -0.39 is 36.8 Å². The molecule has 1 saturated heterocycles. The van der Waals surface area contributed by atoms with Crippen LogP contribution >= 0.6 is 0 Å². The Morgan fingerprint density at radius 2 is 2.10 bits per heavy atom. The number of aromatic carboxylic acids is 1. The second kappa shape index (κ2) is 5.02. The molecular formula is C10H12N2O6S2. The molecule has 2 heterocycles. The highest BCUT2D eigenvalue weighted by molar-refractivity contribution is 7.97. The third-order valence-electron chi connectivity index (χ3n) is 2.89. The summed E-state index contributed by atoms with van der Waals surface area (Å²) >= 11 is 0. The molecule has 0 saturated carbocycles. The first-order valence-electron chi connectivity index (χ1n) is 5.61. The lowest BCUT2D eigenvalue weighted by Crippen LogP contribution is -2.29. The summed E-state index contributed by atoms with van der Waals surface area (Å²) in [5, 5.41) is 7.69. The number of sulfonamides is 1. The Kier molecular flexibility index (Phi) is 3.69. The topological polar surface area (TPSA) is 130 Å². The fraction of sp³-hybridized carbons (Fsp3) is 0.400. The zero-order valence-corrected chi connectivity index (χ0v) is 11.8. The summed E-state index contributed by atoms with van der Waals surface area (Å²) in [6.45, 7) is 0. The SMILES string of the molecule is O=C(O)c1ccc(NS(=O)(=O)C2CCS(=O)(=O)C2)nc1. The molecular weight excluding hydrogens is 308 g/mol. The molecule has 1 aromatic heterocycles. The van der Waals surface area contributed by atoms with Gasteiger partial charge in [0.2, 0.25) is 10.0 Å². The second-order valence-electron chi connectivity index (χ2n) is 4.41. The second-order valence-corrected chi connectivity index (χ2v) is 8.60. The largest absolute Gasteiger partial charge is 0.478 e. The fourth-order valence-corrected chi connectivity index (χ4v) is 5.85. The summed E-state index contributed by atoms with van der Waals surface area (Å²) in [6, 6.07) is 2.42. The van der Waals surface area contributed by atoms with Crippen molar-refractivity contribution in [3.05, 3.63) is 23.9 Å². The summed E-state index contributed by atoms with van der Waals surface area (Å²) in [4.78, 5) is 14.3. The van der Waals surface area contributed by atoms with Crippen LogP contribution < -0.4 is 4.72 Å². The number of carbonyl (C=O) groups is 1. The van der Waals surface area contributed by atoms with Crippen molar-refractivity contribution in [2.75, 3.05) is 16.2 Å². The number of aromatic nitrogens is 1. The van der Waals surface area contributed by atoms with Gasteiger partial charge >= 0.3 is 5.97 Å². The van der Waals surface area contributed by atoms with Gasteiger partial charge in [0.05, 0.1) is 22.3 Å².